The molecule has 0 saturated heterocycles. The number of aromatic nitrogens is 1. The first kappa shape index (κ1) is 11.3. The fourth-order valence-electron chi connectivity index (χ4n) is 0.880. The molecule has 0 amide bonds. The third-order valence-electron chi connectivity index (χ3n) is 1.53. The van der Waals surface area contributed by atoms with E-state index < -0.39 is 0 Å². The van der Waals surface area contributed by atoms with E-state index in [1.54, 1.807) is 18.5 Å². The Kier molecular flexibility index (Phi) is 5.58. The van der Waals surface area contributed by atoms with E-state index >= 15 is 0 Å². The monoisotopic (exact) mass is 190 g/mol. The Hall–Kier alpha value is -0.670. The summed E-state index contributed by atoms with van der Waals surface area (Å²) in [6.07, 6.45) is 3.71. The average Bonchev–Trinajstić information content (AvgIpc) is 2.07. The second-order valence-electron chi connectivity index (χ2n) is 2.37. The van der Waals surface area contributed by atoms with Crippen LogP contribution in [0.25, 0.3) is 0 Å². The molecule has 0 aromatic carbocycles. The normalized spacial score (nSPS) is 11.8. The molecular weight excluding hydrogens is 179 g/mol. The Morgan fingerprint density at radius 2 is 2.33 bits per heavy atom. The van der Waals surface area contributed by atoms with Gasteiger partial charge in [-0.1, -0.05) is 6.07 Å². The lowest BCUT2D eigenvalue weighted by atomic mass is 10.1. The Bertz CT molecular complexity index is 205. The number of nitrogens with zero attached hydrogens (tertiary/aromatic N) is 1. The Morgan fingerprint density at radius 3 is 2.83 bits per heavy atom. The Labute approximate surface area is 77.4 Å². The number of alkyl halides is 1. The average molecular weight is 191 g/mol. The van der Waals surface area contributed by atoms with Gasteiger partial charge in [-0.15, -0.1) is 12.4 Å². The van der Waals surface area contributed by atoms with E-state index in [2.05, 4.69) is 4.98 Å². The lowest BCUT2D eigenvalue weighted by Crippen LogP contribution is -2.10. The first-order valence-electron chi connectivity index (χ1n) is 3.56. The van der Waals surface area contributed by atoms with Crippen molar-refractivity contribution < 1.29 is 4.39 Å². The summed E-state index contributed by atoms with van der Waals surface area (Å²) in [5.74, 6) is 0. The molecule has 1 aromatic rings. The molecule has 0 radical (unpaired) electrons. The zero-order valence-electron chi connectivity index (χ0n) is 6.61. The van der Waals surface area contributed by atoms with Gasteiger partial charge in [-0.3, -0.25) is 9.37 Å². The number of rotatable bonds is 3. The number of halogens is 2. The SMILES string of the molecule is Cl.N[C@H](CCF)c1cccnc1. The first-order chi connectivity index (χ1) is 5.34. The van der Waals surface area contributed by atoms with Crippen LogP contribution in [0.1, 0.15) is 18.0 Å². The molecule has 1 heterocycles. The fraction of sp³-hybridized carbons (Fsp3) is 0.375. The lowest BCUT2D eigenvalue weighted by Gasteiger charge is -2.07. The Balaban J connectivity index is 0.00000121. The van der Waals surface area contributed by atoms with Gasteiger partial charge in [0.25, 0.3) is 0 Å². The second kappa shape index (κ2) is 5.91. The van der Waals surface area contributed by atoms with Crippen molar-refractivity contribution in [3.8, 4) is 0 Å². The molecule has 12 heavy (non-hydrogen) atoms. The van der Waals surface area contributed by atoms with Gasteiger partial charge < -0.3 is 5.73 Å². The molecule has 0 aliphatic heterocycles. The highest BCUT2D eigenvalue weighted by atomic mass is 35.5. The maximum atomic E-state index is 11.8. The summed E-state index contributed by atoms with van der Waals surface area (Å²) in [4.78, 5) is 3.89. The smallest absolute Gasteiger partial charge is 0.0912 e. The van der Waals surface area contributed by atoms with Crippen molar-refractivity contribution in [2.24, 2.45) is 5.73 Å². The van der Waals surface area contributed by atoms with Crippen molar-refractivity contribution in [2.75, 3.05) is 6.67 Å². The predicted molar refractivity (Wildman–Crippen MR) is 49.0 cm³/mol. The minimum absolute atomic E-state index is 0. The maximum absolute atomic E-state index is 11.8. The summed E-state index contributed by atoms with van der Waals surface area (Å²) >= 11 is 0. The molecule has 4 heteroatoms. The van der Waals surface area contributed by atoms with E-state index in [-0.39, 0.29) is 25.1 Å². The topological polar surface area (TPSA) is 38.9 Å². The summed E-state index contributed by atoms with van der Waals surface area (Å²) in [5.41, 5.74) is 6.52. The van der Waals surface area contributed by atoms with Gasteiger partial charge in [-0.25, -0.2) is 0 Å². The molecular formula is C8H12ClFN2. The highest BCUT2D eigenvalue weighted by Gasteiger charge is 2.03. The summed E-state index contributed by atoms with van der Waals surface area (Å²) in [6.45, 7) is -0.379. The van der Waals surface area contributed by atoms with Crippen molar-refractivity contribution >= 4 is 12.4 Å². The molecule has 0 fully saturated rings. The number of hydrogen-bond acceptors (Lipinski definition) is 2. The maximum Gasteiger partial charge on any atom is 0.0912 e. The molecule has 2 nitrogen and oxygen atoms in total. The third kappa shape index (κ3) is 3.15. The van der Waals surface area contributed by atoms with Crippen LogP contribution in [-0.2, 0) is 0 Å². The van der Waals surface area contributed by atoms with Crippen LogP contribution in [0.3, 0.4) is 0 Å². The highest BCUT2D eigenvalue weighted by molar-refractivity contribution is 5.85. The van der Waals surface area contributed by atoms with Crippen LogP contribution in [0.5, 0.6) is 0 Å². The summed E-state index contributed by atoms with van der Waals surface area (Å²) in [6, 6.07) is 3.44. The number of nitrogens with two attached hydrogens (primary N) is 1. The second-order valence-corrected chi connectivity index (χ2v) is 2.37. The molecule has 1 rings (SSSR count). The molecule has 2 N–H and O–H groups in total. The quantitative estimate of drug-likeness (QED) is 0.791. The largest absolute Gasteiger partial charge is 0.324 e. The zero-order valence-corrected chi connectivity index (χ0v) is 7.43. The van der Waals surface area contributed by atoms with Gasteiger partial charge in [0, 0.05) is 18.4 Å². The van der Waals surface area contributed by atoms with Crippen LogP contribution in [0, 0.1) is 0 Å². The minimum atomic E-state index is -0.379. The van der Waals surface area contributed by atoms with Crippen LogP contribution < -0.4 is 5.73 Å². The van der Waals surface area contributed by atoms with Gasteiger partial charge >= 0.3 is 0 Å². The van der Waals surface area contributed by atoms with Crippen molar-refractivity contribution in [3.63, 3.8) is 0 Å². The van der Waals surface area contributed by atoms with E-state index in [0.717, 1.165) is 5.56 Å². The van der Waals surface area contributed by atoms with Gasteiger partial charge in [0.05, 0.1) is 6.67 Å². The van der Waals surface area contributed by atoms with Crippen molar-refractivity contribution in [2.45, 2.75) is 12.5 Å². The highest BCUT2D eigenvalue weighted by Crippen LogP contribution is 2.11. The van der Waals surface area contributed by atoms with Gasteiger partial charge in [0.15, 0.2) is 0 Å². The van der Waals surface area contributed by atoms with Gasteiger partial charge in [-0.05, 0) is 18.1 Å². The van der Waals surface area contributed by atoms with Crippen LogP contribution in [0.15, 0.2) is 24.5 Å². The van der Waals surface area contributed by atoms with E-state index in [9.17, 15) is 4.39 Å². The Morgan fingerprint density at radius 1 is 1.58 bits per heavy atom. The fourth-order valence-corrected chi connectivity index (χ4v) is 0.880. The minimum Gasteiger partial charge on any atom is -0.324 e. The molecule has 0 bridgehead atoms. The van der Waals surface area contributed by atoms with E-state index in [0.29, 0.717) is 6.42 Å². The summed E-state index contributed by atoms with van der Waals surface area (Å²) in [7, 11) is 0. The molecule has 1 aromatic heterocycles. The molecule has 68 valence electrons. The van der Waals surface area contributed by atoms with Crippen molar-refractivity contribution in [1.29, 1.82) is 0 Å². The molecule has 1 atom stereocenters. The van der Waals surface area contributed by atoms with Crippen LogP contribution in [0.2, 0.25) is 0 Å². The number of pyridine rings is 1. The van der Waals surface area contributed by atoms with E-state index in [1.165, 1.54) is 0 Å². The standard InChI is InChI=1S/C8H11FN2.ClH/c9-4-3-8(10)7-2-1-5-11-6-7;/h1-2,5-6,8H,3-4,10H2;1H/t8-;/m1./s1. The predicted octanol–water partition coefficient (Wildman–Crippen LogP) is 1.86. The summed E-state index contributed by atoms with van der Waals surface area (Å²) < 4.78 is 11.8. The first-order valence-corrected chi connectivity index (χ1v) is 3.56. The van der Waals surface area contributed by atoms with Crippen molar-refractivity contribution in [3.05, 3.63) is 30.1 Å². The van der Waals surface area contributed by atoms with Gasteiger partial charge in [0.2, 0.25) is 0 Å². The lowest BCUT2D eigenvalue weighted by molar-refractivity contribution is 0.441. The molecule has 0 aliphatic carbocycles. The third-order valence-corrected chi connectivity index (χ3v) is 1.53. The van der Waals surface area contributed by atoms with Crippen molar-refractivity contribution in [1.82, 2.24) is 4.98 Å². The number of hydrogen-bond donors (Lipinski definition) is 1. The van der Waals surface area contributed by atoms with Gasteiger partial charge in [0.1, 0.15) is 0 Å². The molecule has 0 unspecified atom stereocenters. The van der Waals surface area contributed by atoms with E-state index in [1.807, 2.05) is 6.07 Å². The molecule has 0 spiro atoms. The summed E-state index contributed by atoms with van der Waals surface area (Å²) in [5, 5.41) is 0. The zero-order chi connectivity index (χ0) is 8.10. The van der Waals surface area contributed by atoms with E-state index in [4.69, 9.17) is 5.73 Å². The molecule has 0 aliphatic rings. The van der Waals surface area contributed by atoms with Crippen LogP contribution >= 0.6 is 12.4 Å². The van der Waals surface area contributed by atoms with Crippen LogP contribution in [0.4, 0.5) is 4.39 Å². The van der Waals surface area contributed by atoms with Crippen LogP contribution in [-0.4, -0.2) is 11.7 Å². The van der Waals surface area contributed by atoms with Gasteiger partial charge in [-0.2, -0.15) is 0 Å². The molecule has 0 saturated carbocycles.